The molecule has 0 heterocycles. The normalized spacial score (nSPS) is 10.9. The third kappa shape index (κ3) is 4.25. The minimum atomic E-state index is -0.532. The number of anilines is 1. The number of amides is 1. The summed E-state index contributed by atoms with van der Waals surface area (Å²) in [4.78, 5) is 12.1. The minimum absolute atomic E-state index is 0.0571. The van der Waals surface area contributed by atoms with Crippen molar-refractivity contribution in [3.05, 3.63) is 68.7 Å². The van der Waals surface area contributed by atoms with Gasteiger partial charge in [-0.2, -0.15) is 5.26 Å². The molecule has 22 heavy (non-hydrogen) atoms. The molecule has 1 N–H and O–H groups in total. The van der Waals surface area contributed by atoms with Crippen molar-refractivity contribution in [2.45, 2.75) is 0 Å². The van der Waals surface area contributed by atoms with E-state index in [1.165, 1.54) is 6.08 Å². The van der Waals surface area contributed by atoms with E-state index < -0.39 is 5.91 Å². The molecule has 6 heteroatoms. The number of hydrogen-bond donors (Lipinski definition) is 1. The van der Waals surface area contributed by atoms with Crippen molar-refractivity contribution in [2.75, 3.05) is 5.32 Å². The minimum Gasteiger partial charge on any atom is -0.321 e. The van der Waals surface area contributed by atoms with Gasteiger partial charge in [-0.25, -0.2) is 0 Å². The van der Waals surface area contributed by atoms with Gasteiger partial charge in [-0.05, 0) is 42.0 Å². The largest absolute Gasteiger partial charge is 0.321 e. The second-order valence-electron chi connectivity index (χ2n) is 4.31. The molecule has 3 nitrogen and oxygen atoms in total. The summed E-state index contributed by atoms with van der Waals surface area (Å²) in [5.74, 6) is -0.532. The second kappa shape index (κ2) is 7.33. The van der Waals surface area contributed by atoms with Crippen LogP contribution in [0.2, 0.25) is 15.1 Å². The van der Waals surface area contributed by atoms with Gasteiger partial charge in [-0.15, -0.1) is 0 Å². The van der Waals surface area contributed by atoms with Crippen molar-refractivity contribution in [3.63, 3.8) is 0 Å². The maximum Gasteiger partial charge on any atom is 0.266 e. The van der Waals surface area contributed by atoms with E-state index in [0.717, 1.165) is 0 Å². The fraction of sp³-hybridized carbons (Fsp3) is 0. The first-order valence-electron chi connectivity index (χ1n) is 6.13. The van der Waals surface area contributed by atoms with Crippen LogP contribution in [0, 0.1) is 11.3 Å². The van der Waals surface area contributed by atoms with Crippen molar-refractivity contribution in [1.29, 1.82) is 5.26 Å². The van der Waals surface area contributed by atoms with Crippen molar-refractivity contribution < 1.29 is 4.79 Å². The number of nitrogens with one attached hydrogen (secondary N) is 1. The highest BCUT2D eigenvalue weighted by Gasteiger charge is 2.10. The number of carbonyl (C=O) groups is 1. The Morgan fingerprint density at radius 1 is 1.09 bits per heavy atom. The van der Waals surface area contributed by atoms with Crippen molar-refractivity contribution >= 4 is 52.5 Å². The summed E-state index contributed by atoms with van der Waals surface area (Å²) >= 11 is 17.6. The van der Waals surface area contributed by atoms with E-state index >= 15 is 0 Å². The molecule has 0 fully saturated rings. The summed E-state index contributed by atoms with van der Waals surface area (Å²) in [6.07, 6.45) is 1.43. The van der Waals surface area contributed by atoms with Crippen LogP contribution in [0.5, 0.6) is 0 Å². The molecule has 0 bridgehead atoms. The van der Waals surface area contributed by atoms with Gasteiger partial charge in [-0.3, -0.25) is 4.79 Å². The van der Waals surface area contributed by atoms with E-state index in [0.29, 0.717) is 26.3 Å². The number of hydrogen-bond acceptors (Lipinski definition) is 2. The molecule has 0 atom stereocenters. The number of halogens is 3. The van der Waals surface area contributed by atoms with Crippen LogP contribution in [0.4, 0.5) is 5.69 Å². The van der Waals surface area contributed by atoms with Gasteiger partial charge in [0.05, 0.1) is 10.0 Å². The van der Waals surface area contributed by atoms with Crippen molar-refractivity contribution in [1.82, 2.24) is 0 Å². The zero-order valence-corrected chi connectivity index (χ0v) is 13.4. The molecule has 110 valence electrons. The van der Waals surface area contributed by atoms with Gasteiger partial charge in [-0.1, -0.05) is 46.9 Å². The molecular weight excluding hydrogens is 343 g/mol. The maximum atomic E-state index is 12.1. The monoisotopic (exact) mass is 350 g/mol. The Labute approximate surface area is 142 Å². The number of nitrogens with zero attached hydrogens (tertiary/aromatic N) is 1. The molecule has 0 aliphatic heterocycles. The first-order chi connectivity index (χ1) is 10.5. The zero-order valence-electron chi connectivity index (χ0n) is 11.1. The number of benzene rings is 2. The van der Waals surface area contributed by atoms with Gasteiger partial charge < -0.3 is 5.32 Å². The van der Waals surface area contributed by atoms with Crippen molar-refractivity contribution in [3.8, 4) is 6.07 Å². The predicted molar refractivity (Wildman–Crippen MR) is 90.1 cm³/mol. The topological polar surface area (TPSA) is 52.9 Å². The van der Waals surface area contributed by atoms with Gasteiger partial charge in [0, 0.05) is 10.7 Å². The maximum absolute atomic E-state index is 12.1. The molecule has 0 aromatic heterocycles. The molecule has 2 aromatic rings. The van der Waals surface area contributed by atoms with Crippen LogP contribution in [-0.2, 0) is 4.79 Å². The van der Waals surface area contributed by atoms with Crippen LogP contribution >= 0.6 is 34.8 Å². The quantitative estimate of drug-likeness (QED) is 0.611. The molecule has 0 aliphatic carbocycles. The van der Waals surface area contributed by atoms with Gasteiger partial charge in [0.1, 0.15) is 11.6 Å². The third-order valence-electron chi connectivity index (χ3n) is 2.70. The summed E-state index contributed by atoms with van der Waals surface area (Å²) in [6.45, 7) is 0. The highest BCUT2D eigenvalue weighted by atomic mass is 35.5. The first-order valence-corrected chi connectivity index (χ1v) is 7.27. The molecule has 0 spiro atoms. The lowest BCUT2D eigenvalue weighted by Crippen LogP contribution is -2.13. The molecule has 0 aliphatic rings. The van der Waals surface area contributed by atoms with Gasteiger partial charge in [0.25, 0.3) is 5.91 Å². The Morgan fingerprint density at radius 2 is 1.86 bits per heavy atom. The molecule has 0 saturated heterocycles. The fourth-order valence-corrected chi connectivity index (χ4v) is 2.18. The Hall–Kier alpha value is -1.99. The Balaban J connectivity index is 2.23. The van der Waals surface area contributed by atoms with E-state index in [-0.39, 0.29) is 5.57 Å². The van der Waals surface area contributed by atoms with E-state index in [4.69, 9.17) is 40.1 Å². The molecule has 1 amide bonds. The number of carbonyl (C=O) groups excluding carboxylic acids is 1. The van der Waals surface area contributed by atoms with Crippen LogP contribution in [-0.4, -0.2) is 5.91 Å². The lowest BCUT2D eigenvalue weighted by Gasteiger charge is -2.05. The van der Waals surface area contributed by atoms with E-state index in [9.17, 15) is 4.79 Å². The smallest absolute Gasteiger partial charge is 0.266 e. The Morgan fingerprint density at radius 3 is 2.50 bits per heavy atom. The van der Waals surface area contributed by atoms with E-state index in [1.807, 2.05) is 6.07 Å². The molecule has 2 rings (SSSR count). The first kappa shape index (κ1) is 16.4. The highest BCUT2D eigenvalue weighted by molar-refractivity contribution is 6.42. The molecule has 2 aromatic carbocycles. The molecular formula is C16H9Cl3N2O. The summed E-state index contributed by atoms with van der Waals surface area (Å²) < 4.78 is 0. The van der Waals surface area contributed by atoms with Crippen molar-refractivity contribution in [2.24, 2.45) is 0 Å². The number of nitriles is 1. The fourth-order valence-electron chi connectivity index (χ4n) is 1.68. The number of rotatable bonds is 3. The molecule has 0 unspecified atom stereocenters. The lowest BCUT2D eigenvalue weighted by molar-refractivity contribution is -0.112. The average Bonchev–Trinajstić information content (AvgIpc) is 2.48. The highest BCUT2D eigenvalue weighted by Crippen LogP contribution is 2.24. The van der Waals surface area contributed by atoms with E-state index in [2.05, 4.69) is 5.32 Å². The molecule has 0 saturated carbocycles. The Bertz CT molecular complexity index is 794. The second-order valence-corrected chi connectivity index (χ2v) is 5.56. The summed E-state index contributed by atoms with van der Waals surface area (Å²) in [6, 6.07) is 13.4. The molecule has 0 radical (unpaired) electrons. The zero-order chi connectivity index (χ0) is 16.1. The predicted octanol–water partition coefficient (Wildman–Crippen LogP) is 5.19. The Kier molecular flexibility index (Phi) is 5.46. The summed E-state index contributed by atoms with van der Waals surface area (Å²) in [5.41, 5.74) is 1.05. The van der Waals surface area contributed by atoms with Gasteiger partial charge in [0.2, 0.25) is 0 Å². The third-order valence-corrected chi connectivity index (χ3v) is 3.68. The van der Waals surface area contributed by atoms with Crippen LogP contribution < -0.4 is 5.32 Å². The standard InChI is InChI=1S/C16H9Cl3N2O/c17-12-2-1-3-13(8-12)21-16(22)11(9-20)6-10-4-5-14(18)15(19)7-10/h1-8H,(H,21,22)/b11-6+. The summed E-state index contributed by atoms with van der Waals surface area (Å²) in [5, 5.41) is 13.0. The van der Waals surface area contributed by atoms with Gasteiger partial charge >= 0.3 is 0 Å². The average molecular weight is 352 g/mol. The van der Waals surface area contributed by atoms with Crippen LogP contribution in [0.25, 0.3) is 6.08 Å². The van der Waals surface area contributed by atoms with Crippen LogP contribution in [0.15, 0.2) is 48.0 Å². The summed E-state index contributed by atoms with van der Waals surface area (Å²) in [7, 11) is 0. The van der Waals surface area contributed by atoms with Crippen LogP contribution in [0.1, 0.15) is 5.56 Å². The van der Waals surface area contributed by atoms with E-state index in [1.54, 1.807) is 42.5 Å². The van der Waals surface area contributed by atoms with Gasteiger partial charge in [0.15, 0.2) is 0 Å². The van der Waals surface area contributed by atoms with Crippen LogP contribution in [0.3, 0.4) is 0 Å². The lowest BCUT2D eigenvalue weighted by atomic mass is 10.1. The SMILES string of the molecule is N#C/C(=C\c1ccc(Cl)c(Cl)c1)C(=O)Nc1cccc(Cl)c1.